The molecule has 0 aliphatic heterocycles. The van der Waals surface area contributed by atoms with Crippen LogP contribution in [0.4, 0.5) is 5.82 Å². The summed E-state index contributed by atoms with van der Waals surface area (Å²) in [6.45, 7) is 0. The van der Waals surface area contributed by atoms with E-state index < -0.39 is 0 Å². The molecule has 94 valence electrons. The normalized spacial score (nSPS) is 23.1. The van der Waals surface area contributed by atoms with Gasteiger partial charge in [-0.2, -0.15) is 5.26 Å². The Balaban J connectivity index is 1.91. The van der Waals surface area contributed by atoms with Gasteiger partial charge in [-0.05, 0) is 37.8 Å². The molecule has 0 atom stereocenters. The zero-order valence-corrected chi connectivity index (χ0v) is 10.1. The average molecular weight is 244 g/mol. The van der Waals surface area contributed by atoms with E-state index in [-0.39, 0.29) is 11.8 Å². The highest BCUT2D eigenvalue weighted by atomic mass is 16.1. The maximum absolute atomic E-state index is 11.1. The molecule has 1 heterocycles. The fraction of sp³-hybridized carbons (Fsp3) is 0.462. The molecule has 0 radical (unpaired) electrons. The van der Waals surface area contributed by atoms with Crippen LogP contribution in [0.5, 0.6) is 0 Å². The maximum atomic E-state index is 11.1. The molecule has 2 rings (SSSR count). The van der Waals surface area contributed by atoms with E-state index in [0.29, 0.717) is 11.7 Å². The highest BCUT2D eigenvalue weighted by molar-refractivity contribution is 5.76. The first-order valence-corrected chi connectivity index (χ1v) is 6.12. The first kappa shape index (κ1) is 12.4. The van der Waals surface area contributed by atoms with E-state index >= 15 is 0 Å². The number of rotatable bonds is 3. The Kier molecular flexibility index (Phi) is 3.78. The van der Waals surface area contributed by atoms with Crippen molar-refractivity contribution < 1.29 is 4.79 Å². The van der Waals surface area contributed by atoms with Crippen LogP contribution in [0.2, 0.25) is 0 Å². The number of nitriles is 1. The van der Waals surface area contributed by atoms with Gasteiger partial charge in [0.1, 0.15) is 17.6 Å². The van der Waals surface area contributed by atoms with E-state index in [1.807, 2.05) is 18.2 Å². The van der Waals surface area contributed by atoms with Gasteiger partial charge in [0.15, 0.2) is 0 Å². The van der Waals surface area contributed by atoms with Crippen molar-refractivity contribution in [2.24, 2.45) is 11.7 Å². The molecule has 0 bridgehead atoms. The SMILES string of the molecule is N#Cc1cccc(NC2CCC(C(N)=O)CC2)n1. The van der Waals surface area contributed by atoms with Gasteiger partial charge >= 0.3 is 0 Å². The predicted molar refractivity (Wildman–Crippen MR) is 67.5 cm³/mol. The summed E-state index contributed by atoms with van der Waals surface area (Å²) in [5.41, 5.74) is 5.70. The van der Waals surface area contributed by atoms with E-state index in [4.69, 9.17) is 11.0 Å². The van der Waals surface area contributed by atoms with Crippen LogP contribution in [-0.2, 0) is 4.79 Å². The lowest BCUT2D eigenvalue weighted by molar-refractivity contribution is -0.122. The summed E-state index contributed by atoms with van der Waals surface area (Å²) in [6, 6.07) is 7.65. The monoisotopic (exact) mass is 244 g/mol. The van der Waals surface area contributed by atoms with Gasteiger partial charge in [0, 0.05) is 12.0 Å². The van der Waals surface area contributed by atoms with Crippen molar-refractivity contribution in [1.82, 2.24) is 4.98 Å². The summed E-state index contributed by atoms with van der Waals surface area (Å²) in [6.07, 6.45) is 3.47. The molecule has 0 saturated heterocycles. The Morgan fingerprint density at radius 3 is 2.72 bits per heavy atom. The Bertz CT molecular complexity index is 472. The summed E-state index contributed by atoms with van der Waals surface area (Å²) in [4.78, 5) is 15.2. The number of anilines is 1. The highest BCUT2D eigenvalue weighted by Gasteiger charge is 2.24. The van der Waals surface area contributed by atoms with Crippen molar-refractivity contribution in [3.63, 3.8) is 0 Å². The minimum Gasteiger partial charge on any atom is -0.369 e. The molecule has 0 unspecified atom stereocenters. The number of carbonyl (C=O) groups is 1. The molecule has 0 aromatic carbocycles. The molecule has 1 aromatic heterocycles. The number of hydrogen-bond donors (Lipinski definition) is 2. The first-order valence-electron chi connectivity index (χ1n) is 6.12. The van der Waals surface area contributed by atoms with Crippen LogP contribution < -0.4 is 11.1 Å². The summed E-state index contributed by atoms with van der Waals surface area (Å²) in [5.74, 6) is 0.538. The fourth-order valence-electron chi connectivity index (χ4n) is 2.31. The number of hydrogen-bond acceptors (Lipinski definition) is 4. The lowest BCUT2D eigenvalue weighted by Crippen LogP contribution is -2.32. The minimum absolute atomic E-state index is 0.0152. The number of amides is 1. The Morgan fingerprint density at radius 1 is 1.39 bits per heavy atom. The number of carbonyl (C=O) groups excluding carboxylic acids is 1. The topological polar surface area (TPSA) is 91.8 Å². The Labute approximate surface area is 106 Å². The van der Waals surface area contributed by atoms with Crippen molar-refractivity contribution in [3.05, 3.63) is 23.9 Å². The largest absolute Gasteiger partial charge is 0.369 e. The summed E-state index contributed by atoms with van der Waals surface area (Å²) in [5, 5.41) is 12.1. The molecule has 5 nitrogen and oxygen atoms in total. The maximum Gasteiger partial charge on any atom is 0.220 e. The molecule has 1 aromatic rings. The van der Waals surface area contributed by atoms with Crippen LogP contribution in [0.15, 0.2) is 18.2 Å². The van der Waals surface area contributed by atoms with Crippen molar-refractivity contribution in [2.45, 2.75) is 31.7 Å². The average Bonchev–Trinajstić information content (AvgIpc) is 2.39. The van der Waals surface area contributed by atoms with E-state index in [1.165, 1.54) is 0 Å². The smallest absolute Gasteiger partial charge is 0.220 e. The third kappa shape index (κ3) is 2.98. The second-order valence-corrected chi connectivity index (χ2v) is 4.62. The quantitative estimate of drug-likeness (QED) is 0.840. The molecule has 0 spiro atoms. The van der Waals surface area contributed by atoms with Crippen LogP contribution in [0.3, 0.4) is 0 Å². The van der Waals surface area contributed by atoms with Crippen LogP contribution in [-0.4, -0.2) is 16.9 Å². The predicted octanol–water partition coefficient (Wildman–Crippen LogP) is 1.41. The molecule has 5 heteroatoms. The van der Waals surface area contributed by atoms with Gasteiger partial charge in [-0.3, -0.25) is 4.79 Å². The van der Waals surface area contributed by atoms with E-state index in [0.717, 1.165) is 31.5 Å². The lowest BCUT2D eigenvalue weighted by atomic mass is 9.85. The zero-order chi connectivity index (χ0) is 13.0. The summed E-state index contributed by atoms with van der Waals surface area (Å²) < 4.78 is 0. The van der Waals surface area contributed by atoms with E-state index in [9.17, 15) is 4.79 Å². The number of nitrogens with zero attached hydrogens (tertiary/aromatic N) is 2. The van der Waals surface area contributed by atoms with Crippen molar-refractivity contribution in [2.75, 3.05) is 5.32 Å². The summed E-state index contributed by atoms with van der Waals surface area (Å²) in [7, 11) is 0. The summed E-state index contributed by atoms with van der Waals surface area (Å²) >= 11 is 0. The van der Waals surface area contributed by atoms with Crippen LogP contribution in [0, 0.1) is 17.2 Å². The molecule has 1 fully saturated rings. The van der Waals surface area contributed by atoms with Gasteiger partial charge in [0.05, 0.1) is 0 Å². The zero-order valence-electron chi connectivity index (χ0n) is 10.1. The molecular weight excluding hydrogens is 228 g/mol. The molecular formula is C13H16N4O. The van der Waals surface area contributed by atoms with Gasteiger partial charge in [-0.25, -0.2) is 4.98 Å². The third-order valence-electron chi connectivity index (χ3n) is 3.35. The van der Waals surface area contributed by atoms with Gasteiger partial charge < -0.3 is 11.1 Å². The van der Waals surface area contributed by atoms with Crippen LogP contribution in [0.1, 0.15) is 31.4 Å². The first-order chi connectivity index (χ1) is 8.69. The number of nitrogens with two attached hydrogens (primary N) is 1. The molecule has 1 aliphatic carbocycles. The fourth-order valence-corrected chi connectivity index (χ4v) is 2.31. The molecule has 1 amide bonds. The standard InChI is InChI=1S/C13H16N4O/c14-8-11-2-1-3-12(17-11)16-10-6-4-9(5-7-10)13(15)18/h1-3,9-10H,4-7H2,(H2,15,18)(H,16,17). The van der Waals surface area contributed by atoms with Crippen LogP contribution >= 0.6 is 0 Å². The molecule has 18 heavy (non-hydrogen) atoms. The molecule has 3 N–H and O–H groups in total. The van der Waals surface area contributed by atoms with Gasteiger partial charge in [-0.1, -0.05) is 6.07 Å². The minimum atomic E-state index is -0.196. The molecule has 1 aliphatic rings. The second kappa shape index (κ2) is 5.50. The Morgan fingerprint density at radius 2 is 2.11 bits per heavy atom. The highest BCUT2D eigenvalue weighted by Crippen LogP contribution is 2.25. The second-order valence-electron chi connectivity index (χ2n) is 4.62. The molecule has 1 saturated carbocycles. The van der Waals surface area contributed by atoms with Crippen molar-refractivity contribution >= 4 is 11.7 Å². The van der Waals surface area contributed by atoms with Crippen molar-refractivity contribution in [1.29, 1.82) is 5.26 Å². The number of nitrogens with one attached hydrogen (secondary N) is 1. The number of aromatic nitrogens is 1. The third-order valence-corrected chi connectivity index (χ3v) is 3.35. The number of primary amides is 1. The van der Waals surface area contributed by atoms with E-state index in [1.54, 1.807) is 6.07 Å². The van der Waals surface area contributed by atoms with Crippen LogP contribution in [0.25, 0.3) is 0 Å². The van der Waals surface area contributed by atoms with Gasteiger partial charge in [-0.15, -0.1) is 0 Å². The van der Waals surface area contributed by atoms with Crippen molar-refractivity contribution in [3.8, 4) is 6.07 Å². The Hall–Kier alpha value is -2.09. The van der Waals surface area contributed by atoms with E-state index in [2.05, 4.69) is 10.3 Å². The number of pyridine rings is 1. The lowest BCUT2D eigenvalue weighted by Gasteiger charge is -2.27. The van der Waals surface area contributed by atoms with Gasteiger partial charge in [0.2, 0.25) is 5.91 Å². The van der Waals surface area contributed by atoms with Gasteiger partial charge in [0.25, 0.3) is 0 Å².